The molecule has 1 aromatic rings. The van der Waals surface area contributed by atoms with Gasteiger partial charge in [0, 0.05) is 18.8 Å². The van der Waals surface area contributed by atoms with E-state index < -0.39 is 5.97 Å². The van der Waals surface area contributed by atoms with Crippen molar-refractivity contribution in [2.45, 2.75) is 40.7 Å². The van der Waals surface area contributed by atoms with Crippen LogP contribution in [0.4, 0.5) is 11.4 Å². The molecule has 21 heavy (non-hydrogen) atoms. The van der Waals surface area contributed by atoms with Gasteiger partial charge in [-0.1, -0.05) is 32.4 Å². The van der Waals surface area contributed by atoms with E-state index in [1.807, 2.05) is 11.9 Å². The van der Waals surface area contributed by atoms with Gasteiger partial charge in [0.2, 0.25) is 0 Å². The van der Waals surface area contributed by atoms with Crippen molar-refractivity contribution in [3.05, 3.63) is 22.7 Å². The molecule has 5 heteroatoms. The minimum atomic E-state index is -0.408. The Labute approximate surface area is 132 Å². The van der Waals surface area contributed by atoms with Crippen LogP contribution in [0.2, 0.25) is 5.02 Å². The van der Waals surface area contributed by atoms with Crippen LogP contribution in [0.3, 0.4) is 0 Å². The van der Waals surface area contributed by atoms with E-state index in [2.05, 4.69) is 27.7 Å². The molecule has 0 saturated carbocycles. The highest BCUT2D eigenvalue weighted by Crippen LogP contribution is 2.36. The van der Waals surface area contributed by atoms with Gasteiger partial charge in [-0.05, 0) is 31.4 Å². The van der Waals surface area contributed by atoms with Crippen LogP contribution in [0.5, 0.6) is 0 Å². The van der Waals surface area contributed by atoms with Crippen LogP contribution in [0.15, 0.2) is 12.1 Å². The van der Waals surface area contributed by atoms with Crippen LogP contribution in [0, 0.1) is 5.41 Å². The molecular formula is C16H25ClN2O2. The number of benzene rings is 1. The Morgan fingerprint density at radius 1 is 1.43 bits per heavy atom. The average Bonchev–Trinajstić information content (AvgIpc) is 2.35. The number of hydrogen-bond donors (Lipinski definition) is 1. The molecule has 0 heterocycles. The van der Waals surface area contributed by atoms with Crippen LogP contribution in [0.25, 0.3) is 0 Å². The Hall–Kier alpha value is -1.42. The van der Waals surface area contributed by atoms with E-state index in [0.29, 0.717) is 28.6 Å². The lowest BCUT2D eigenvalue weighted by Gasteiger charge is -2.38. The molecule has 1 unspecified atom stereocenters. The molecule has 1 atom stereocenters. The lowest BCUT2D eigenvalue weighted by atomic mass is 9.86. The van der Waals surface area contributed by atoms with Gasteiger partial charge in [0.15, 0.2) is 0 Å². The van der Waals surface area contributed by atoms with Gasteiger partial charge >= 0.3 is 5.97 Å². The molecule has 0 bridgehead atoms. The smallest absolute Gasteiger partial charge is 0.340 e. The Bertz CT molecular complexity index is 524. The minimum Gasteiger partial charge on any atom is -0.462 e. The first-order chi connectivity index (χ1) is 9.59. The van der Waals surface area contributed by atoms with Gasteiger partial charge in [-0.25, -0.2) is 4.79 Å². The number of nitrogen functional groups attached to an aromatic ring is 1. The fourth-order valence-corrected chi connectivity index (χ4v) is 2.48. The largest absolute Gasteiger partial charge is 0.462 e. The third-order valence-corrected chi connectivity index (χ3v) is 4.06. The zero-order chi connectivity index (χ0) is 16.4. The summed E-state index contributed by atoms with van der Waals surface area (Å²) in [7, 11) is 1.93. The number of ether oxygens (including phenoxy) is 1. The highest BCUT2D eigenvalue weighted by Gasteiger charge is 2.28. The first kappa shape index (κ1) is 17.6. The number of nitrogens with zero attached hydrogens (tertiary/aromatic N) is 1. The Morgan fingerprint density at radius 3 is 2.48 bits per heavy atom. The van der Waals surface area contributed by atoms with Crippen LogP contribution in [-0.4, -0.2) is 25.7 Å². The fourth-order valence-electron chi connectivity index (χ4n) is 2.12. The molecule has 0 aromatic heterocycles. The maximum absolute atomic E-state index is 12.2. The first-order valence-corrected chi connectivity index (χ1v) is 7.46. The third-order valence-electron chi connectivity index (χ3n) is 3.77. The molecule has 4 nitrogen and oxygen atoms in total. The molecule has 0 amide bonds. The second-order valence-electron chi connectivity index (χ2n) is 6.27. The zero-order valence-electron chi connectivity index (χ0n) is 13.7. The molecule has 0 aliphatic carbocycles. The van der Waals surface area contributed by atoms with Crippen LogP contribution >= 0.6 is 11.6 Å². The second-order valence-corrected chi connectivity index (χ2v) is 6.68. The van der Waals surface area contributed by atoms with Crippen LogP contribution < -0.4 is 10.6 Å². The third kappa shape index (κ3) is 4.03. The molecule has 0 aliphatic rings. The molecule has 0 radical (unpaired) electrons. The summed E-state index contributed by atoms with van der Waals surface area (Å²) in [4.78, 5) is 14.2. The molecular weight excluding hydrogens is 288 g/mol. The van der Waals surface area contributed by atoms with Crippen molar-refractivity contribution < 1.29 is 9.53 Å². The van der Waals surface area contributed by atoms with Crippen molar-refractivity contribution >= 4 is 28.9 Å². The summed E-state index contributed by atoms with van der Waals surface area (Å²) in [6, 6.07) is 3.45. The molecule has 0 aliphatic heterocycles. The number of carbonyl (C=O) groups excluding carboxylic acids is 1. The van der Waals surface area contributed by atoms with Gasteiger partial charge in [-0.2, -0.15) is 0 Å². The number of esters is 1. The lowest BCUT2D eigenvalue weighted by Crippen LogP contribution is -2.40. The molecule has 0 fully saturated rings. The van der Waals surface area contributed by atoms with Gasteiger partial charge in [-0.15, -0.1) is 0 Å². The first-order valence-electron chi connectivity index (χ1n) is 7.08. The van der Waals surface area contributed by atoms with E-state index in [1.54, 1.807) is 19.1 Å². The summed E-state index contributed by atoms with van der Waals surface area (Å²) in [6.07, 6.45) is 0. The summed E-state index contributed by atoms with van der Waals surface area (Å²) in [5.74, 6) is -0.408. The zero-order valence-corrected chi connectivity index (χ0v) is 14.4. The van der Waals surface area contributed by atoms with E-state index in [1.165, 1.54) is 0 Å². The number of halogens is 1. The number of carbonyl (C=O) groups is 1. The molecule has 1 rings (SSSR count). The molecule has 1 aromatic carbocycles. The molecule has 118 valence electrons. The van der Waals surface area contributed by atoms with Crippen molar-refractivity contribution in [1.82, 2.24) is 0 Å². The van der Waals surface area contributed by atoms with E-state index in [4.69, 9.17) is 22.1 Å². The summed E-state index contributed by atoms with van der Waals surface area (Å²) in [6.45, 7) is 10.6. The highest BCUT2D eigenvalue weighted by molar-refractivity contribution is 6.34. The van der Waals surface area contributed by atoms with E-state index in [-0.39, 0.29) is 11.5 Å². The van der Waals surface area contributed by atoms with Crippen molar-refractivity contribution in [2.75, 3.05) is 24.3 Å². The summed E-state index contributed by atoms with van der Waals surface area (Å²) in [5.41, 5.74) is 7.36. The number of hydrogen-bond acceptors (Lipinski definition) is 4. The van der Waals surface area contributed by atoms with Gasteiger partial charge in [0.1, 0.15) is 0 Å². The Balaban J connectivity index is 3.37. The Kier molecular flexibility index (Phi) is 5.51. The highest BCUT2D eigenvalue weighted by atomic mass is 35.5. The predicted molar refractivity (Wildman–Crippen MR) is 89.1 cm³/mol. The van der Waals surface area contributed by atoms with Crippen LogP contribution in [0.1, 0.15) is 45.0 Å². The maximum Gasteiger partial charge on any atom is 0.340 e. The quantitative estimate of drug-likeness (QED) is 0.675. The number of nitrogens with two attached hydrogens (primary N) is 1. The van der Waals surface area contributed by atoms with Crippen molar-refractivity contribution in [3.8, 4) is 0 Å². The minimum absolute atomic E-state index is 0.0331. The van der Waals surface area contributed by atoms with E-state index in [9.17, 15) is 4.79 Å². The predicted octanol–water partition coefficient (Wildman–Crippen LogP) is 3.97. The lowest BCUT2D eigenvalue weighted by molar-refractivity contribution is 0.0527. The van der Waals surface area contributed by atoms with Gasteiger partial charge < -0.3 is 15.4 Å². The average molecular weight is 313 g/mol. The fraction of sp³-hybridized carbons (Fsp3) is 0.562. The number of rotatable bonds is 4. The second kappa shape index (κ2) is 6.56. The normalized spacial score (nSPS) is 12.9. The Morgan fingerprint density at radius 2 is 2.00 bits per heavy atom. The van der Waals surface area contributed by atoms with Gasteiger partial charge in [0.05, 0.1) is 22.9 Å². The molecule has 0 saturated heterocycles. The van der Waals surface area contributed by atoms with Crippen LogP contribution in [-0.2, 0) is 4.74 Å². The summed E-state index contributed by atoms with van der Waals surface area (Å²) in [5, 5.41) is 0.455. The van der Waals surface area contributed by atoms with Crippen molar-refractivity contribution in [2.24, 2.45) is 5.41 Å². The standard InChI is InChI=1S/C16H25ClN2O2/c1-7-21-15(20)12-8-11(18)9-13(17)14(12)19(6)10(2)16(3,4)5/h8-10H,7,18H2,1-6H3. The maximum atomic E-state index is 12.2. The topological polar surface area (TPSA) is 55.6 Å². The van der Waals surface area contributed by atoms with Gasteiger partial charge in [0.25, 0.3) is 0 Å². The summed E-state index contributed by atoms with van der Waals surface area (Å²) < 4.78 is 5.11. The monoisotopic (exact) mass is 312 g/mol. The molecule has 0 spiro atoms. The SMILES string of the molecule is CCOC(=O)c1cc(N)cc(Cl)c1N(C)C(C)C(C)(C)C. The van der Waals surface area contributed by atoms with Crippen molar-refractivity contribution in [3.63, 3.8) is 0 Å². The number of anilines is 2. The van der Waals surface area contributed by atoms with Gasteiger partial charge in [-0.3, -0.25) is 0 Å². The van der Waals surface area contributed by atoms with E-state index >= 15 is 0 Å². The molecule has 2 N–H and O–H groups in total. The summed E-state index contributed by atoms with van der Waals surface area (Å²) >= 11 is 6.34. The van der Waals surface area contributed by atoms with Crippen molar-refractivity contribution in [1.29, 1.82) is 0 Å². The van der Waals surface area contributed by atoms with E-state index in [0.717, 1.165) is 0 Å².